The fourth-order valence-corrected chi connectivity index (χ4v) is 3.89. The molecule has 0 fully saturated rings. The highest BCUT2D eigenvalue weighted by Crippen LogP contribution is 2.18. The quantitative estimate of drug-likeness (QED) is 0.598. The summed E-state index contributed by atoms with van der Waals surface area (Å²) in [4.78, 5) is 12.5. The minimum absolute atomic E-state index is 0.0898. The second kappa shape index (κ2) is 10.3. The van der Waals surface area contributed by atoms with Crippen LogP contribution in [0.25, 0.3) is 0 Å². The number of carbonyl (C=O) groups excluding carboxylic acids is 1. The molecule has 0 saturated heterocycles. The van der Waals surface area contributed by atoms with Gasteiger partial charge in [0.1, 0.15) is 18.1 Å². The highest BCUT2D eigenvalue weighted by molar-refractivity contribution is 7.89. The highest BCUT2D eigenvalue weighted by Gasteiger charge is 2.23. The summed E-state index contributed by atoms with van der Waals surface area (Å²) in [7, 11) is -2.13. The molecule has 158 valence electrons. The molecule has 1 amide bonds. The molecule has 0 radical (unpaired) electrons. The third-order valence-corrected chi connectivity index (χ3v) is 6.32. The van der Waals surface area contributed by atoms with Crippen LogP contribution in [0.3, 0.4) is 0 Å². The van der Waals surface area contributed by atoms with Crippen LogP contribution in [-0.2, 0) is 10.0 Å². The molecule has 0 aliphatic carbocycles. The van der Waals surface area contributed by atoms with Crippen molar-refractivity contribution in [3.05, 3.63) is 54.1 Å². The van der Waals surface area contributed by atoms with E-state index in [1.165, 1.54) is 23.5 Å². The summed E-state index contributed by atoms with van der Waals surface area (Å²) in [5.41, 5.74) is 0.282. The Bertz CT molecular complexity index is 911. The fourth-order valence-electron chi connectivity index (χ4n) is 2.48. The molecule has 0 aliphatic rings. The van der Waals surface area contributed by atoms with Crippen molar-refractivity contribution in [3.8, 4) is 11.5 Å². The SMILES string of the molecule is CCOc1ccc(OCCNC(=O)c2cccc(S(=O)(=O)N(C)C(C)C)c2)cc1. The molecule has 0 unspecified atom stereocenters. The number of hydrogen-bond acceptors (Lipinski definition) is 5. The van der Waals surface area contributed by atoms with E-state index < -0.39 is 10.0 Å². The van der Waals surface area contributed by atoms with E-state index in [4.69, 9.17) is 9.47 Å². The minimum atomic E-state index is -3.64. The zero-order valence-electron chi connectivity index (χ0n) is 17.2. The Balaban J connectivity index is 1.91. The zero-order chi connectivity index (χ0) is 21.4. The Morgan fingerprint density at radius 1 is 1.07 bits per heavy atom. The van der Waals surface area contributed by atoms with Crippen LogP contribution in [-0.4, -0.2) is 51.5 Å². The van der Waals surface area contributed by atoms with Crippen molar-refractivity contribution in [2.45, 2.75) is 31.7 Å². The van der Waals surface area contributed by atoms with Gasteiger partial charge in [0.2, 0.25) is 10.0 Å². The molecule has 0 aliphatic heterocycles. The third kappa shape index (κ3) is 6.20. The average Bonchev–Trinajstić information content (AvgIpc) is 2.71. The summed E-state index contributed by atoms with van der Waals surface area (Å²) in [6.07, 6.45) is 0. The predicted octanol–water partition coefficient (Wildman–Crippen LogP) is 2.92. The molecular formula is C21H28N2O5S. The maximum atomic E-state index is 12.6. The van der Waals surface area contributed by atoms with Crippen LogP contribution >= 0.6 is 0 Å². The van der Waals surface area contributed by atoms with Crippen LogP contribution < -0.4 is 14.8 Å². The molecule has 2 aromatic rings. The van der Waals surface area contributed by atoms with Crippen LogP contribution in [0.1, 0.15) is 31.1 Å². The maximum absolute atomic E-state index is 12.6. The average molecular weight is 421 g/mol. The number of amides is 1. The lowest BCUT2D eigenvalue weighted by Gasteiger charge is -2.21. The minimum Gasteiger partial charge on any atom is -0.494 e. The molecule has 2 rings (SSSR count). The van der Waals surface area contributed by atoms with E-state index in [1.54, 1.807) is 38.1 Å². The van der Waals surface area contributed by atoms with Crippen molar-refractivity contribution in [1.29, 1.82) is 0 Å². The van der Waals surface area contributed by atoms with E-state index in [0.29, 0.717) is 12.4 Å². The topological polar surface area (TPSA) is 84.9 Å². The summed E-state index contributed by atoms with van der Waals surface area (Å²) in [5.74, 6) is 1.09. The first-order chi connectivity index (χ1) is 13.8. The lowest BCUT2D eigenvalue weighted by Crippen LogP contribution is -2.33. The van der Waals surface area contributed by atoms with Crippen LogP contribution in [0, 0.1) is 0 Å². The monoisotopic (exact) mass is 420 g/mol. The van der Waals surface area contributed by atoms with E-state index >= 15 is 0 Å². The van der Waals surface area contributed by atoms with Gasteiger partial charge in [0.25, 0.3) is 5.91 Å². The lowest BCUT2D eigenvalue weighted by atomic mass is 10.2. The molecule has 2 aromatic carbocycles. The van der Waals surface area contributed by atoms with Crippen LogP contribution in [0.4, 0.5) is 0 Å². The Morgan fingerprint density at radius 2 is 1.69 bits per heavy atom. The van der Waals surface area contributed by atoms with Crippen molar-refractivity contribution in [3.63, 3.8) is 0 Å². The van der Waals surface area contributed by atoms with Crippen molar-refractivity contribution >= 4 is 15.9 Å². The number of nitrogens with zero attached hydrogens (tertiary/aromatic N) is 1. The highest BCUT2D eigenvalue weighted by atomic mass is 32.2. The first kappa shape index (κ1) is 22.7. The summed E-state index contributed by atoms with van der Waals surface area (Å²) in [6, 6.07) is 13.1. The number of ether oxygens (including phenoxy) is 2. The van der Waals surface area contributed by atoms with Crippen molar-refractivity contribution < 1.29 is 22.7 Å². The summed E-state index contributed by atoms with van der Waals surface area (Å²) in [6.45, 7) is 6.67. The molecule has 0 atom stereocenters. The molecule has 29 heavy (non-hydrogen) atoms. The number of rotatable bonds is 10. The number of nitrogens with one attached hydrogen (secondary N) is 1. The van der Waals surface area contributed by atoms with Gasteiger partial charge in [0, 0.05) is 18.7 Å². The van der Waals surface area contributed by atoms with E-state index in [-0.39, 0.29) is 35.6 Å². The van der Waals surface area contributed by atoms with E-state index in [9.17, 15) is 13.2 Å². The molecule has 0 heterocycles. The molecule has 8 heteroatoms. The van der Waals surface area contributed by atoms with Gasteiger partial charge in [-0.3, -0.25) is 4.79 Å². The van der Waals surface area contributed by atoms with Gasteiger partial charge < -0.3 is 14.8 Å². The van der Waals surface area contributed by atoms with Crippen molar-refractivity contribution in [2.24, 2.45) is 0 Å². The van der Waals surface area contributed by atoms with Gasteiger partial charge in [-0.25, -0.2) is 8.42 Å². The first-order valence-electron chi connectivity index (χ1n) is 9.47. The Hall–Kier alpha value is -2.58. The van der Waals surface area contributed by atoms with Gasteiger partial charge in [0.15, 0.2) is 0 Å². The molecule has 0 bridgehead atoms. The van der Waals surface area contributed by atoms with Crippen molar-refractivity contribution in [1.82, 2.24) is 9.62 Å². The Labute approximate surface area is 172 Å². The maximum Gasteiger partial charge on any atom is 0.251 e. The standard InChI is InChI=1S/C21H28N2O5S/c1-5-27-18-9-11-19(12-10-18)28-14-13-22-21(24)17-7-6-8-20(15-17)29(25,26)23(4)16(2)3/h6-12,15-16H,5,13-14H2,1-4H3,(H,22,24). The van der Waals surface area contributed by atoms with Crippen LogP contribution in [0.5, 0.6) is 11.5 Å². The van der Waals surface area contributed by atoms with Gasteiger partial charge in [0.05, 0.1) is 18.0 Å². The number of sulfonamides is 1. The van der Waals surface area contributed by atoms with E-state index in [1.807, 2.05) is 19.1 Å². The summed E-state index contributed by atoms with van der Waals surface area (Å²) >= 11 is 0. The largest absolute Gasteiger partial charge is 0.494 e. The van der Waals surface area contributed by atoms with Crippen molar-refractivity contribution in [2.75, 3.05) is 26.8 Å². The lowest BCUT2D eigenvalue weighted by molar-refractivity contribution is 0.0947. The van der Waals surface area contributed by atoms with E-state index in [0.717, 1.165) is 5.75 Å². The number of benzene rings is 2. The third-order valence-electron chi connectivity index (χ3n) is 4.29. The predicted molar refractivity (Wildman–Crippen MR) is 112 cm³/mol. The normalized spacial score (nSPS) is 11.5. The smallest absolute Gasteiger partial charge is 0.251 e. The molecule has 0 spiro atoms. The number of hydrogen-bond donors (Lipinski definition) is 1. The molecular weight excluding hydrogens is 392 g/mol. The van der Waals surface area contributed by atoms with Crippen LogP contribution in [0.2, 0.25) is 0 Å². The Kier molecular flexibility index (Phi) is 8.04. The fraction of sp³-hybridized carbons (Fsp3) is 0.381. The van der Waals surface area contributed by atoms with Gasteiger partial charge in [-0.2, -0.15) is 4.31 Å². The van der Waals surface area contributed by atoms with Gasteiger partial charge in [-0.05, 0) is 63.2 Å². The molecule has 7 nitrogen and oxygen atoms in total. The summed E-state index contributed by atoms with van der Waals surface area (Å²) < 4.78 is 37.4. The molecule has 1 N–H and O–H groups in total. The molecule has 0 saturated carbocycles. The summed E-state index contributed by atoms with van der Waals surface area (Å²) in [5, 5.41) is 2.73. The zero-order valence-corrected chi connectivity index (χ0v) is 18.0. The van der Waals surface area contributed by atoms with Gasteiger partial charge in [-0.15, -0.1) is 0 Å². The number of carbonyl (C=O) groups is 1. The Morgan fingerprint density at radius 3 is 2.28 bits per heavy atom. The second-order valence-electron chi connectivity index (χ2n) is 6.65. The van der Waals surface area contributed by atoms with Crippen LogP contribution in [0.15, 0.2) is 53.4 Å². The first-order valence-corrected chi connectivity index (χ1v) is 10.9. The van der Waals surface area contributed by atoms with Gasteiger partial charge in [-0.1, -0.05) is 6.07 Å². The van der Waals surface area contributed by atoms with Gasteiger partial charge >= 0.3 is 0 Å². The van der Waals surface area contributed by atoms with E-state index in [2.05, 4.69) is 5.32 Å². The molecule has 0 aromatic heterocycles. The second-order valence-corrected chi connectivity index (χ2v) is 8.65.